The normalized spacial score (nSPS) is 15.0. The minimum absolute atomic E-state index is 0.0183. The van der Waals surface area contributed by atoms with Crippen LogP contribution in [0.3, 0.4) is 0 Å². The molecule has 12 heteroatoms. The molecule has 1 N–H and O–H groups in total. The molecule has 1 saturated carbocycles. The van der Waals surface area contributed by atoms with Crippen molar-refractivity contribution in [1.29, 1.82) is 0 Å². The number of anilines is 1. The number of nitrogens with one attached hydrogen (secondary N) is 1. The summed E-state index contributed by atoms with van der Waals surface area (Å²) in [6.07, 6.45) is 5.86. The van der Waals surface area contributed by atoms with Gasteiger partial charge in [0.15, 0.2) is 11.6 Å². The summed E-state index contributed by atoms with van der Waals surface area (Å²) in [6, 6.07) is 6.96. The van der Waals surface area contributed by atoms with Gasteiger partial charge in [-0.25, -0.2) is 17.2 Å². The monoisotopic (exact) mass is 603 g/mol. The van der Waals surface area contributed by atoms with Crippen LogP contribution in [0.2, 0.25) is 10.0 Å². The average molecular weight is 605 g/mol. The minimum Gasteiger partial charge on any atom is -0.352 e. The van der Waals surface area contributed by atoms with Crippen molar-refractivity contribution in [3.05, 3.63) is 63.6 Å². The summed E-state index contributed by atoms with van der Waals surface area (Å²) >= 11 is 12.7. The van der Waals surface area contributed by atoms with Gasteiger partial charge >= 0.3 is 0 Å². The van der Waals surface area contributed by atoms with E-state index in [1.807, 2.05) is 0 Å². The van der Waals surface area contributed by atoms with Gasteiger partial charge in [0, 0.05) is 47.2 Å². The number of amides is 2. The van der Waals surface area contributed by atoms with Crippen molar-refractivity contribution in [1.82, 2.24) is 10.2 Å². The van der Waals surface area contributed by atoms with E-state index in [4.69, 9.17) is 23.2 Å². The largest absolute Gasteiger partial charge is 0.352 e. The number of carbonyl (C=O) groups excluding carboxylic acids is 2. The van der Waals surface area contributed by atoms with Crippen molar-refractivity contribution in [2.24, 2.45) is 0 Å². The Kier molecular flexibility index (Phi) is 11.0. The van der Waals surface area contributed by atoms with E-state index in [2.05, 4.69) is 5.32 Å². The quantitative estimate of drug-likeness (QED) is 0.358. The number of hydrogen-bond acceptors (Lipinski definition) is 4. The van der Waals surface area contributed by atoms with E-state index in [1.165, 1.54) is 4.90 Å². The summed E-state index contributed by atoms with van der Waals surface area (Å²) in [5.41, 5.74) is 0.440. The lowest BCUT2D eigenvalue weighted by molar-refractivity contribution is -0.141. The summed E-state index contributed by atoms with van der Waals surface area (Å²) in [7, 11) is -3.85. The molecule has 0 aliphatic heterocycles. The van der Waals surface area contributed by atoms with E-state index in [1.54, 1.807) is 25.1 Å². The number of hydrogen-bond donors (Lipinski definition) is 1. The molecule has 0 unspecified atom stereocenters. The molecule has 3 rings (SSSR count). The number of nitrogens with zero attached hydrogens (tertiary/aromatic N) is 2. The molecule has 39 heavy (non-hydrogen) atoms. The zero-order valence-corrected chi connectivity index (χ0v) is 24.3. The van der Waals surface area contributed by atoms with Crippen molar-refractivity contribution < 1.29 is 26.8 Å². The fourth-order valence-electron chi connectivity index (χ4n) is 4.65. The van der Waals surface area contributed by atoms with Crippen LogP contribution in [0, 0.1) is 11.6 Å². The van der Waals surface area contributed by atoms with E-state index in [-0.39, 0.29) is 43.6 Å². The standard InChI is InChI=1S/C27H33Cl2F2N3O4S/c1-18(27(36)32-19-8-4-3-5-9-19)33(17-21-22(28)10-6-11-23(21)29)26(35)12-7-15-34(39(2,37)38)20-13-14-24(30)25(31)16-20/h6,10-11,13-14,16,18-19H,3-5,7-9,12,15,17H2,1-2H3,(H,32,36)/t18-/m0/s1. The first kappa shape index (κ1) is 31.1. The Balaban J connectivity index is 1.77. The first-order chi connectivity index (χ1) is 18.4. The molecule has 2 aromatic carbocycles. The first-order valence-electron chi connectivity index (χ1n) is 12.8. The maximum atomic E-state index is 13.8. The van der Waals surface area contributed by atoms with Gasteiger partial charge in [-0.05, 0) is 50.5 Å². The van der Waals surface area contributed by atoms with Crippen LogP contribution in [0.5, 0.6) is 0 Å². The summed E-state index contributed by atoms with van der Waals surface area (Å²) in [4.78, 5) is 28.0. The fraction of sp³-hybridized carbons (Fsp3) is 0.481. The zero-order valence-electron chi connectivity index (χ0n) is 21.9. The molecule has 1 atom stereocenters. The highest BCUT2D eigenvalue weighted by Crippen LogP contribution is 2.27. The van der Waals surface area contributed by atoms with E-state index >= 15 is 0 Å². The predicted molar refractivity (Wildman–Crippen MR) is 149 cm³/mol. The topological polar surface area (TPSA) is 86.8 Å². The number of halogens is 4. The highest BCUT2D eigenvalue weighted by molar-refractivity contribution is 7.92. The van der Waals surface area contributed by atoms with Gasteiger partial charge in [0.05, 0.1) is 11.9 Å². The molecule has 214 valence electrons. The predicted octanol–water partition coefficient (Wildman–Crippen LogP) is 5.68. The summed E-state index contributed by atoms with van der Waals surface area (Å²) in [5, 5.41) is 3.74. The van der Waals surface area contributed by atoms with Gasteiger partial charge in [-0.15, -0.1) is 0 Å². The van der Waals surface area contributed by atoms with Gasteiger partial charge in [-0.2, -0.15) is 0 Å². The molecule has 0 saturated heterocycles. The molecule has 2 amide bonds. The highest BCUT2D eigenvalue weighted by atomic mass is 35.5. The lowest BCUT2D eigenvalue weighted by atomic mass is 9.95. The van der Waals surface area contributed by atoms with Crippen molar-refractivity contribution >= 4 is 50.7 Å². The van der Waals surface area contributed by atoms with Crippen LogP contribution in [-0.4, -0.2) is 50.0 Å². The van der Waals surface area contributed by atoms with Gasteiger partial charge in [0.25, 0.3) is 0 Å². The van der Waals surface area contributed by atoms with Crippen molar-refractivity contribution in [3.63, 3.8) is 0 Å². The fourth-order valence-corrected chi connectivity index (χ4v) is 6.12. The Morgan fingerprint density at radius 2 is 1.69 bits per heavy atom. The van der Waals surface area contributed by atoms with E-state index in [0.717, 1.165) is 60.9 Å². The van der Waals surface area contributed by atoms with Crippen LogP contribution in [0.4, 0.5) is 14.5 Å². The molecule has 1 aliphatic rings. The Bertz CT molecular complexity index is 1270. The molecule has 0 aromatic heterocycles. The molecule has 0 heterocycles. The smallest absolute Gasteiger partial charge is 0.242 e. The maximum Gasteiger partial charge on any atom is 0.242 e. The van der Waals surface area contributed by atoms with Crippen LogP contribution in [0.25, 0.3) is 0 Å². The zero-order chi connectivity index (χ0) is 28.7. The van der Waals surface area contributed by atoms with E-state index in [0.29, 0.717) is 15.6 Å². The second kappa shape index (κ2) is 13.8. The third kappa shape index (κ3) is 8.53. The summed E-state index contributed by atoms with van der Waals surface area (Å²) < 4.78 is 52.8. The molecule has 1 fully saturated rings. The van der Waals surface area contributed by atoms with Crippen LogP contribution in [0.1, 0.15) is 57.4 Å². The second-order valence-corrected chi connectivity index (χ2v) is 12.5. The molecule has 0 radical (unpaired) electrons. The molecular formula is C27H33Cl2F2N3O4S. The number of carbonyl (C=O) groups is 2. The Morgan fingerprint density at radius 1 is 1.05 bits per heavy atom. The molecular weight excluding hydrogens is 571 g/mol. The summed E-state index contributed by atoms with van der Waals surface area (Å²) in [5.74, 6) is -2.98. The van der Waals surface area contributed by atoms with Gasteiger partial charge in [0.1, 0.15) is 6.04 Å². The molecule has 2 aromatic rings. The van der Waals surface area contributed by atoms with Crippen LogP contribution in [0.15, 0.2) is 36.4 Å². The van der Waals surface area contributed by atoms with E-state index in [9.17, 15) is 26.8 Å². The van der Waals surface area contributed by atoms with Gasteiger partial charge in [0.2, 0.25) is 21.8 Å². The molecule has 0 bridgehead atoms. The average Bonchev–Trinajstić information content (AvgIpc) is 2.87. The van der Waals surface area contributed by atoms with Crippen molar-refractivity contribution in [2.75, 3.05) is 17.1 Å². The van der Waals surface area contributed by atoms with Crippen molar-refractivity contribution in [3.8, 4) is 0 Å². The van der Waals surface area contributed by atoms with Crippen LogP contribution >= 0.6 is 23.2 Å². The SMILES string of the molecule is C[C@@H](C(=O)NC1CCCCC1)N(Cc1c(Cl)cccc1Cl)C(=O)CCCN(c1ccc(F)c(F)c1)S(C)(=O)=O. The lowest BCUT2D eigenvalue weighted by Crippen LogP contribution is -2.50. The van der Waals surface area contributed by atoms with Crippen LogP contribution < -0.4 is 9.62 Å². The molecule has 0 spiro atoms. The lowest BCUT2D eigenvalue weighted by Gasteiger charge is -2.32. The van der Waals surface area contributed by atoms with Gasteiger partial charge in [-0.1, -0.05) is 48.5 Å². The summed E-state index contributed by atoms with van der Waals surface area (Å²) in [6.45, 7) is 1.46. The van der Waals surface area contributed by atoms with E-state index < -0.39 is 33.6 Å². The van der Waals surface area contributed by atoms with Gasteiger partial charge < -0.3 is 10.2 Å². The van der Waals surface area contributed by atoms with Crippen molar-refractivity contribution in [2.45, 2.75) is 70.5 Å². The second-order valence-electron chi connectivity index (χ2n) is 9.78. The number of rotatable bonds is 11. The third-order valence-electron chi connectivity index (χ3n) is 6.85. The van der Waals surface area contributed by atoms with Gasteiger partial charge in [-0.3, -0.25) is 13.9 Å². The highest BCUT2D eigenvalue weighted by Gasteiger charge is 2.29. The Morgan fingerprint density at radius 3 is 2.28 bits per heavy atom. The van der Waals surface area contributed by atoms with Crippen LogP contribution in [-0.2, 0) is 26.2 Å². The first-order valence-corrected chi connectivity index (χ1v) is 15.4. The Labute approximate surface area is 238 Å². The number of benzene rings is 2. The molecule has 1 aliphatic carbocycles. The number of sulfonamides is 1. The third-order valence-corrected chi connectivity index (χ3v) is 8.75. The maximum absolute atomic E-state index is 13.8. The molecule has 7 nitrogen and oxygen atoms in total. The Hall–Kier alpha value is -2.43. The minimum atomic E-state index is -3.85.